The molecule has 1 aliphatic rings. The maximum Gasteiger partial charge on any atom is 0.306 e. The Morgan fingerprint density at radius 1 is 1.32 bits per heavy atom. The summed E-state index contributed by atoms with van der Waals surface area (Å²) in [5.74, 6) is 0.329. The van der Waals surface area contributed by atoms with Crippen molar-refractivity contribution in [1.29, 1.82) is 0 Å². The second-order valence-corrected chi connectivity index (χ2v) is 5.00. The van der Waals surface area contributed by atoms with E-state index in [0.717, 1.165) is 38.1 Å². The normalized spacial score (nSPS) is 22.3. The molecule has 1 aromatic carbocycles. The SMILES string of the molecule is O=C(O)C1CCCC1CNCCOc1ccccc1. The zero-order valence-corrected chi connectivity index (χ0v) is 11.0. The van der Waals surface area contributed by atoms with Crippen molar-refractivity contribution in [2.24, 2.45) is 11.8 Å². The molecule has 0 bridgehead atoms. The lowest BCUT2D eigenvalue weighted by Gasteiger charge is -2.16. The van der Waals surface area contributed by atoms with E-state index in [9.17, 15) is 4.79 Å². The van der Waals surface area contributed by atoms with Crippen LogP contribution in [-0.2, 0) is 4.79 Å². The van der Waals surface area contributed by atoms with Crippen LogP contribution in [0, 0.1) is 11.8 Å². The van der Waals surface area contributed by atoms with Gasteiger partial charge in [0.15, 0.2) is 0 Å². The molecule has 1 saturated carbocycles. The second-order valence-electron chi connectivity index (χ2n) is 5.00. The van der Waals surface area contributed by atoms with Crippen molar-refractivity contribution in [1.82, 2.24) is 5.32 Å². The van der Waals surface area contributed by atoms with Gasteiger partial charge in [0.2, 0.25) is 0 Å². The van der Waals surface area contributed by atoms with Crippen molar-refractivity contribution < 1.29 is 14.6 Å². The molecule has 2 atom stereocenters. The number of carboxylic acids is 1. The number of para-hydroxylation sites is 1. The average molecular weight is 263 g/mol. The number of carboxylic acid groups (broad SMARTS) is 1. The van der Waals surface area contributed by atoms with Crippen molar-refractivity contribution in [3.63, 3.8) is 0 Å². The van der Waals surface area contributed by atoms with Gasteiger partial charge in [0, 0.05) is 6.54 Å². The van der Waals surface area contributed by atoms with Crippen LogP contribution in [0.3, 0.4) is 0 Å². The Morgan fingerprint density at radius 2 is 2.11 bits per heavy atom. The topological polar surface area (TPSA) is 58.6 Å². The molecule has 1 aromatic rings. The largest absolute Gasteiger partial charge is 0.492 e. The molecule has 0 radical (unpaired) electrons. The molecule has 0 spiro atoms. The number of aliphatic carboxylic acids is 1. The molecule has 0 amide bonds. The highest BCUT2D eigenvalue weighted by Crippen LogP contribution is 2.31. The Labute approximate surface area is 113 Å². The van der Waals surface area contributed by atoms with E-state index in [2.05, 4.69) is 5.32 Å². The van der Waals surface area contributed by atoms with E-state index in [0.29, 0.717) is 6.61 Å². The van der Waals surface area contributed by atoms with Crippen LogP contribution in [0.15, 0.2) is 30.3 Å². The van der Waals surface area contributed by atoms with Crippen LogP contribution in [0.5, 0.6) is 5.75 Å². The van der Waals surface area contributed by atoms with Crippen molar-refractivity contribution in [2.45, 2.75) is 19.3 Å². The summed E-state index contributed by atoms with van der Waals surface area (Å²) in [5, 5.41) is 12.4. The molecule has 4 nitrogen and oxygen atoms in total. The van der Waals surface area contributed by atoms with Crippen LogP contribution < -0.4 is 10.1 Å². The Hall–Kier alpha value is -1.55. The third kappa shape index (κ3) is 4.24. The predicted molar refractivity (Wildman–Crippen MR) is 73.3 cm³/mol. The van der Waals surface area contributed by atoms with Gasteiger partial charge >= 0.3 is 5.97 Å². The van der Waals surface area contributed by atoms with E-state index in [-0.39, 0.29) is 11.8 Å². The summed E-state index contributed by atoms with van der Waals surface area (Å²) in [6.07, 6.45) is 2.87. The van der Waals surface area contributed by atoms with E-state index < -0.39 is 5.97 Å². The number of hydrogen-bond donors (Lipinski definition) is 2. The highest BCUT2D eigenvalue weighted by Gasteiger charge is 2.32. The van der Waals surface area contributed by atoms with Crippen molar-refractivity contribution in [2.75, 3.05) is 19.7 Å². The minimum atomic E-state index is -0.648. The quantitative estimate of drug-likeness (QED) is 0.740. The zero-order chi connectivity index (χ0) is 13.5. The molecule has 2 rings (SSSR count). The lowest BCUT2D eigenvalue weighted by atomic mass is 9.96. The van der Waals surface area contributed by atoms with E-state index in [1.54, 1.807) is 0 Å². The summed E-state index contributed by atoms with van der Waals surface area (Å²) < 4.78 is 5.57. The standard InChI is InChI=1S/C15H21NO3/c17-15(18)14-8-4-5-12(14)11-16-9-10-19-13-6-2-1-3-7-13/h1-3,6-7,12,14,16H,4-5,8-11H2,(H,17,18). The lowest BCUT2D eigenvalue weighted by molar-refractivity contribution is -0.142. The fourth-order valence-corrected chi connectivity index (χ4v) is 2.65. The van der Waals surface area contributed by atoms with Crippen LogP contribution in [-0.4, -0.2) is 30.8 Å². The summed E-state index contributed by atoms with van der Waals surface area (Å²) in [6.45, 7) is 2.13. The number of hydrogen-bond acceptors (Lipinski definition) is 3. The third-order valence-corrected chi connectivity index (χ3v) is 3.67. The first-order valence-electron chi connectivity index (χ1n) is 6.89. The van der Waals surface area contributed by atoms with Crippen molar-refractivity contribution in [3.05, 3.63) is 30.3 Å². The molecule has 1 fully saturated rings. The minimum absolute atomic E-state index is 0.164. The molecule has 0 saturated heterocycles. The number of carbonyl (C=O) groups is 1. The van der Waals surface area contributed by atoms with Gasteiger partial charge < -0.3 is 15.2 Å². The van der Waals surface area contributed by atoms with Gasteiger partial charge in [0.05, 0.1) is 5.92 Å². The Balaban J connectivity index is 1.60. The van der Waals surface area contributed by atoms with E-state index >= 15 is 0 Å². The number of ether oxygens (including phenoxy) is 1. The third-order valence-electron chi connectivity index (χ3n) is 3.67. The molecule has 4 heteroatoms. The fourth-order valence-electron chi connectivity index (χ4n) is 2.65. The first kappa shape index (κ1) is 13.9. The number of rotatable bonds is 7. The van der Waals surface area contributed by atoms with Crippen LogP contribution in [0.1, 0.15) is 19.3 Å². The average Bonchev–Trinajstić information content (AvgIpc) is 2.88. The Bertz CT molecular complexity index is 394. The highest BCUT2D eigenvalue weighted by molar-refractivity contribution is 5.70. The number of nitrogens with one attached hydrogen (secondary N) is 1. The lowest BCUT2D eigenvalue weighted by Crippen LogP contribution is -2.31. The summed E-state index contributed by atoms with van der Waals surface area (Å²) in [5.41, 5.74) is 0. The van der Waals surface area contributed by atoms with Crippen LogP contribution in [0.25, 0.3) is 0 Å². The first-order valence-corrected chi connectivity index (χ1v) is 6.89. The second kappa shape index (κ2) is 7.14. The van der Waals surface area contributed by atoms with Gasteiger partial charge in [0.25, 0.3) is 0 Å². The van der Waals surface area contributed by atoms with E-state index in [1.807, 2.05) is 30.3 Å². The van der Waals surface area contributed by atoms with E-state index in [1.165, 1.54) is 0 Å². The molecule has 0 heterocycles. The maximum absolute atomic E-state index is 11.0. The van der Waals surface area contributed by atoms with Crippen LogP contribution >= 0.6 is 0 Å². The van der Waals surface area contributed by atoms with Gasteiger partial charge in [-0.15, -0.1) is 0 Å². The smallest absolute Gasteiger partial charge is 0.306 e. The van der Waals surface area contributed by atoms with Crippen molar-refractivity contribution in [3.8, 4) is 5.75 Å². The number of benzene rings is 1. The summed E-state index contributed by atoms with van der Waals surface area (Å²) in [7, 11) is 0. The molecule has 1 aliphatic carbocycles. The molecule has 0 aromatic heterocycles. The molecular formula is C15H21NO3. The monoisotopic (exact) mass is 263 g/mol. The predicted octanol–water partition coefficient (Wildman–Crippen LogP) is 2.16. The molecule has 0 aliphatic heterocycles. The maximum atomic E-state index is 11.0. The summed E-state index contributed by atoms with van der Waals surface area (Å²) >= 11 is 0. The van der Waals surface area contributed by atoms with Crippen molar-refractivity contribution >= 4 is 5.97 Å². The summed E-state index contributed by atoms with van der Waals surface area (Å²) in [6, 6.07) is 9.70. The fraction of sp³-hybridized carbons (Fsp3) is 0.533. The molecule has 2 unspecified atom stereocenters. The van der Waals surface area contributed by atoms with E-state index in [4.69, 9.17) is 9.84 Å². The Morgan fingerprint density at radius 3 is 2.84 bits per heavy atom. The van der Waals surface area contributed by atoms with Crippen LogP contribution in [0.2, 0.25) is 0 Å². The molecule has 2 N–H and O–H groups in total. The summed E-state index contributed by atoms with van der Waals surface area (Å²) in [4.78, 5) is 11.0. The van der Waals surface area contributed by atoms with Gasteiger partial charge in [-0.3, -0.25) is 4.79 Å². The van der Waals surface area contributed by atoms with Gasteiger partial charge in [-0.25, -0.2) is 0 Å². The minimum Gasteiger partial charge on any atom is -0.492 e. The Kier molecular flexibility index (Phi) is 5.21. The molecule has 19 heavy (non-hydrogen) atoms. The highest BCUT2D eigenvalue weighted by atomic mass is 16.5. The van der Waals surface area contributed by atoms with Crippen LogP contribution in [0.4, 0.5) is 0 Å². The molecule has 104 valence electrons. The van der Waals surface area contributed by atoms with Gasteiger partial charge in [0.1, 0.15) is 12.4 Å². The molecular weight excluding hydrogens is 242 g/mol. The van der Waals surface area contributed by atoms with Gasteiger partial charge in [-0.05, 0) is 37.4 Å². The van der Waals surface area contributed by atoms with Gasteiger partial charge in [-0.1, -0.05) is 24.6 Å². The van der Waals surface area contributed by atoms with Gasteiger partial charge in [-0.2, -0.15) is 0 Å². The zero-order valence-electron chi connectivity index (χ0n) is 11.0. The first-order chi connectivity index (χ1) is 9.27.